The van der Waals surface area contributed by atoms with Crippen molar-refractivity contribution in [3.05, 3.63) is 63.0 Å². The summed E-state index contributed by atoms with van der Waals surface area (Å²) in [5.41, 5.74) is 2.79. The molecule has 0 aliphatic heterocycles. The number of nitrogens with zero attached hydrogens (tertiary/aromatic N) is 2. The van der Waals surface area contributed by atoms with Gasteiger partial charge in [0.25, 0.3) is 5.56 Å². The highest BCUT2D eigenvalue weighted by atomic mass is 32.1. The van der Waals surface area contributed by atoms with Crippen LogP contribution in [0.3, 0.4) is 0 Å². The summed E-state index contributed by atoms with van der Waals surface area (Å²) in [4.78, 5) is 20.1. The molecule has 1 fully saturated rings. The molecule has 2 heterocycles. The van der Waals surface area contributed by atoms with Gasteiger partial charge in [0.1, 0.15) is 4.83 Å². The number of nitrogens with one attached hydrogen (secondary N) is 1. The van der Waals surface area contributed by atoms with Gasteiger partial charge >= 0.3 is 0 Å². The molecule has 140 valence electrons. The van der Waals surface area contributed by atoms with Crippen LogP contribution in [0, 0.1) is 0 Å². The average Bonchev–Trinajstić information content (AvgIpc) is 3.35. The minimum absolute atomic E-state index is 0.195. The fourth-order valence-electron chi connectivity index (χ4n) is 4.65. The van der Waals surface area contributed by atoms with Crippen molar-refractivity contribution in [2.75, 3.05) is 0 Å². The fraction of sp³-hybridized carbons (Fsp3) is 0.455. The van der Waals surface area contributed by atoms with Gasteiger partial charge in [-0.3, -0.25) is 9.36 Å². The van der Waals surface area contributed by atoms with E-state index in [9.17, 15) is 4.79 Å². The number of hydrogen-bond acceptors (Lipinski definition) is 4. The molecule has 4 nitrogen and oxygen atoms in total. The van der Waals surface area contributed by atoms with Crippen LogP contribution < -0.4 is 10.9 Å². The second-order valence-electron chi connectivity index (χ2n) is 7.89. The Balaban J connectivity index is 1.39. The maximum Gasteiger partial charge on any atom is 0.262 e. The first-order valence-electron chi connectivity index (χ1n) is 10.1. The maximum atomic E-state index is 13.2. The Hall–Kier alpha value is -1.98. The third-order valence-corrected chi connectivity index (χ3v) is 7.31. The fourth-order valence-corrected chi connectivity index (χ4v) is 5.91. The lowest BCUT2D eigenvalue weighted by molar-refractivity contribution is 0.462. The lowest BCUT2D eigenvalue weighted by atomic mass is 9.93. The number of aromatic nitrogens is 2. The number of rotatable bonds is 4. The quantitative estimate of drug-likeness (QED) is 0.738. The third-order valence-electron chi connectivity index (χ3n) is 6.15. The lowest BCUT2D eigenvalue weighted by Crippen LogP contribution is -2.33. The van der Waals surface area contributed by atoms with Gasteiger partial charge in [-0.05, 0) is 43.2 Å². The van der Waals surface area contributed by atoms with Crippen LogP contribution in [0.4, 0.5) is 0 Å². The summed E-state index contributed by atoms with van der Waals surface area (Å²) in [5, 5.41) is 4.61. The Labute approximate surface area is 163 Å². The second-order valence-corrected chi connectivity index (χ2v) is 8.97. The zero-order valence-corrected chi connectivity index (χ0v) is 16.3. The summed E-state index contributed by atoms with van der Waals surface area (Å²) in [6.45, 7) is 0.901. The van der Waals surface area contributed by atoms with E-state index < -0.39 is 0 Å². The van der Waals surface area contributed by atoms with E-state index in [4.69, 9.17) is 0 Å². The first-order valence-corrected chi connectivity index (χ1v) is 10.9. The van der Waals surface area contributed by atoms with Crippen molar-refractivity contribution in [2.45, 2.75) is 63.6 Å². The predicted molar refractivity (Wildman–Crippen MR) is 110 cm³/mol. The summed E-state index contributed by atoms with van der Waals surface area (Å²) in [5.74, 6) is 0. The zero-order chi connectivity index (χ0) is 18.2. The zero-order valence-electron chi connectivity index (χ0n) is 15.5. The second kappa shape index (κ2) is 7.21. The molecule has 3 aromatic rings. The minimum Gasteiger partial charge on any atom is -0.310 e. The number of hydrogen-bond donors (Lipinski definition) is 1. The molecule has 0 amide bonds. The highest BCUT2D eigenvalue weighted by Crippen LogP contribution is 2.35. The van der Waals surface area contributed by atoms with Crippen molar-refractivity contribution in [1.82, 2.24) is 14.9 Å². The molecule has 5 rings (SSSR count). The van der Waals surface area contributed by atoms with E-state index in [0.29, 0.717) is 12.1 Å². The van der Waals surface area contributed by atoms with Crippen molar-refractivity contribution < 1.29 is 0 Å². The largest absolute Gasteiger partial charge is 0.310 e. The van der Waals surface area contributed by atoms with Gasteiger partial charge in [0, 0.05) is 23.5 Å². The highest BCUT2D eigenvalue weighted by Gasteiger charge is 2.26. The van der Waals surface area contributed by atoms with Gasteiger partial charge < -0.3 is 5.32 Å². The van der Waals surface area contributed by atoms with E-state index in [1.807, 2.05) is 4.57 Å². The van der Waals surface area contributed by atoms with Gasteiger partial charge in [-0.15, -0.1) is 11.3 Å². The van der Waals surface area contributed by atoms with Crippen LogP contribution in [0.15, 0.2) is 41.5 Å². The number of aryl methyl sites for hydroxylation is 1. The smallest absolute Gasteiger partial charge is 0.262 e. The normalized spacial score (nSPS) is 20.2. The van der Waals surface area contributed by atoms with Crippen molar-refractivity contribution in [3.8, 4) is 0 Å². The molecular formula is C22H25N3OS. The molecule has 2 aliphatic rings. The van der Waals surface area contributed by atoms with Gasteiger partial charge in [0.15, 0.2) is 0 Å². The van der Waals surface area contributed by atoms with Gasteiger partial charge in [0.05, 0.1) is 11.7 Å². The van der Waals surface area contributed by atoms with E-state index in [2.05, 4.69) is 40.6 Å². The van der Waals surface area contributed by atoms with Gasteiger partial charge in [-0.1, -0.05) is 43.2 Å². The summed E-state index contributed by atoms with van der Waals surface area (Å²) < 4.78 is 1.92. The number of thiophene rings is 1. The molecule has 2 aliphatic carbocycles. The Morgan fingerprint density at radius 3 is 2.78 bits per heavy atom. The third kappa shape index (κ3) is 3.23. The van der Waals surface area contributed by atoms with Crippen LogP contribution in [0.1, 0.15) is 54.1 Å². The van der Waals surface area contributed by atoms with E-state index >= 15 is 0 Å². The summed E-state index contributed by atoms with van der Waals surface area (Å²) in [6, 6.07) is 11.4. The van der Waals surface area contributed by atoms with Crippen molar-refractivity contribution in [3.63, 3.8) is 0 Å². The van der Waals surface area contributed by atoms with Crippen LogP contribution in [0.5, 0.6) is 0 Å². The minimum atomic E-state index is 0.195. The molecular weight excluding hydrogens is 354 g/mol. The number of fused-ring (bicyclic) bond motifs is 3. The Bertz CT molecular complexity index is 1000. The molecule has 1 atom stereocenters. The monoisotopic (exact) mass is 379 g/mol. The van der Waals surface area contributed by atoms with Crippen molar-refractivity contribution >= 4 is 21.6 Å². The first-order chi connectivity index (χ1) is 13.3. The Morgan fingerprint density at radius 1 is 1.15 bits per heavy atom. The molecule has 1 N–H and O–H groups in total. The van der Waals surface area contributed by atoms with Crippen molar-refractivity contribution in [2.24, 2.45) is 0 Å². The predicted octanol–water partition coefficient (Wildman–Crippen LogP) is 4.22. The van der Waals surface area contributed by atoms with Crippen LogP contribution in [-0.2, 0) is 19.4 Å². The van der Waals surface area contributed by atoms with Crippen LogP contribution in [0.25, 0.3) is 10.2 Å². The Morgan fingerprint density at radius 2 is 1.96 bits per heavy atom. The lowest BCUT2D eigenvalue weighted by Gasteiger charge is -2.23. The van der Waals surface area contributed by atoms with Crippen molar-refractivity contribution in [1.29, 1.82) is 0 Å². The molecule has 2 aromatic heterocycles. The number of benzene rings is 1. The summed E-state index contributed by atoms with van der Waals surface area (Å²) >= 11 is 1.73. The maximum absolute atomic E-state index is 13.2. The highest BCUT2D eigenvalue weighted by molar-refractivity contribution is 7.18. The molecule has 0 radical (unpaired) electrons. The van der Waals surface area contributed by atoms with Gasteiger partial charge in [-0.2, -0.15) is 0 Å². The summed E-state index contributed by atoms with van der Waals surface area (Å²) in [7, 11) is 0. The van der Waals surface area contributed by atoms with E-state index in [1.54, 1.807) is 17.7 Å². The van der Waals surface area contributed by atoms with Gasteiger partial charge in [0.2, 0.25) is 0 Å². The molecule has 0 unspecified atom stereocenters. The first kappa shape index (κ1) is 17.1. The van der Waals surface area contributed by atoms with Gasteiger partial charge in [-0.25, -0.2) is 4.98 Å². The topological polar surface area (TPSA) is 46.9 Å². The average molecular weight is 380 g/mol. The van der Waals surface area contributed by atoms with Crippen LogP contribution >= 0.6 is 11.3 Å². The standard InChI is InChI=1S/C22H25N3OS/c26-22-20-18-11-10-16(23-13-15-6-2-1-3-7-15)12-19(18)27-21(20)24-14-25(22)17-8-4-5-9-17/h1-3,6-7,14,16-17,23H,4-5,8-13H2/t16-/m0/s1. The SMILES string of the molecule is O=c1c2c3c(sc2ncn1C1CCCC1)C[C@@H](NCc1ccccc1)CC3. The molecule has 0 spiro atoms. The Kier molecular flexibility index (Phi) is 4.58. The molecule has 1 saturated carbocycles. The summed E-state index contributed by atoms with van der Waals surface area (Å²) in [6.07, 6.45) is 9.56. The van der Waals surface area contributed by atoms with E-state index in [1.165, 1.54) is 28.8 Å². The molecule has 0 bridgehead atoms. The molecule has 27 heavy (non-hydrogen) atoms. The molecule has 5 heteroatoms. The van der Waals surface area contributed by atoms with Crippen LogP contribution in [0.2, 0.25) is 0 Å². The van der Waals surface area contributed by atoms with E-state index in [0.717, 1.165) is 48.9 Å². The van der Waals surface area contributed by atoms with E-state index in [-0.39, 0.29) is 5.56 Å². The van der Waals surface area contributed by atoms with Crippen LogP contribution in [-0.4, -0.2) is 15.6 Å². The molecule has 0 saturated heterocycles. The molecule has 1 aromatic carbocycles.